The van der Waals surface area contributed by atoms with Crippen LogP contribution in [0.4, 0.5) is 5.69 Å². The Balaban J connectivity index is 1.29. The minimum atomic E-state index is -0.0208. The van der Waals surface area contributed by atoms with Crippen LogP contribution in [-0.4, -0.2) is 39.1 Å². The fourth-order valence-corrected chi connectivity index (χ4v) is 6.95. The van der Waals surface area contributed by atoms with E-state index in [0.29, 0.717) is 18.0 Å². The summed E-state index contributed by atoms with van der Waals surface area (Å²) >= 11 is 0. The molecule has 6 heteroatoms. The second-order valence-corrected chi connectivity index (χ2v) is 11.8. The van der Waals surface area contributed by atoms with Gasteiger partial charge in [-0.05, 0) is 74.3 Å². The first-order chi connectivity index (χ1) is 17.3. The lowest BCUT2D eigenvalue weighted by Crippen LogP contribution is -2.51. The Morgan fingerprint density at radius 3 is 2.81 bits per heavy atom. The van der Waals surface area contributed by atoms with Gasteiger partial charge in [-0.25, -0.2) is 4.98 Å². The number of fused-ring (bicyclic) bond motifs is 4. The van der Waals surface area contributed by atoms with Crippen LogP contribution in [0.5, 0.6) is 0 Å². The van der Waals surface area contributed by atoms with E-state index in [0.717, 1.165) is 49.2 Å². The molecule has 36 heavy (non-hydrogen) atoms. The third kappa shape index (κ3) is 4.14. The Hall–Kier alpha value is -2.70. The zero-order chi connectivity index (χ0) is 25.0. The van der Waals surface area contributed by atoms with Crippen molar-refractivity contribution in [1.82, 2.24) is 14.5 Å². The molecule has 2 N–H and O–H groups in total. The number of aryl methyl sites for hydroxylation is 1. The number of nitrogens with two attached hydrogens (primary N) is 1. The van der Waals surface area contributed by atoms with Gasteiger partial charge in [0.2, 0.25) is 0 Å². The first-order valence-electron chi connectivity index (χ1n) is 13.7. The van der Waals surface area contributed by atoms with Crippen molar-refractivity contribution in [2.75, 3.05) is 18.0 Å². The number of rotatable bonds is 2. The van der Waals surface area contributed by atoms with Gasteiger partial charge in [0.05, 0.1) is 11.7 Å². The fourth-order valence-electron chi connectivity index (χ4n) is 6.95. The molecule has 3 aliphatic rings. The van der Waals surface area contributed by atoms with E-state index < -0.39 is 0 Å². The van der Waals surface area contributed by atoms with E-state index in [4.69, 9.17) is 5.73 Å². The van der Waals surface area contributed by atoms with E-state index in [-0.39, 0.29) is 11.1 Å². The van der Waals surface area contributed by atoms with Gasteiger partial charge in [0.1, 0.15) is 5.65 Å². The molecule has 1 saturated heterocycles. The van der Waals surface area contributed by atoms with Crippen molar-refractivity contribution in [1.29, 1.82) is 0 Å². The second-order valence-electron chi connectivity index (χ2n) is 11.8. The van der Waals surface area contributed by atoms with E-state index >= 15 is 0 Å². The van der Waals surface area contributed by atoms with Crippen molar-refractivity contribution >= 4 is 16.7 Å². The summed E-state index contributed by atoms with van der Waals surface area (Å²) in [6, 6.07) is 13.9. The highest BCUT2D eigenvalue weighted by molar-refractivity contribution is 5.89. The zero-order valence-corrected chi connectivity index (χ0v) is 21.9. The third-order valence-electron chi connectivity index (χ3n) is 9.12. The maximum absolute atomic E-state index is 12.8. The van der Waals surface area contributed by atoms with Crippen molar-refractivity contribution < 1.29 is 0 Å². The zero-order valence-electron chi connectivity index (χ0n) is 21.9. The van der Waals surface area contributed by atoms with E-state index in [1.54, 1.807) is 23.9 Å². The van der Waals surface area contributed by atoms with Crippen molar-refractivity contribution in [3.05, 3.63) is 69.6 Å². The molecule has 6 rings (SSSR count). The van der Waals surface area contributed by atoms with Gasteiger partial charge in [0, 0.05) is 55.9 Å². The summed E-state index contributed by atoms with van der Waals surface area (Å²) in [6.07, 6.45) is 8.99. The number of piperazine rings is 1. The van der Waals surface area contributed by atoms with E-state index in [2.05, 4.69) is 52.9 Å². The molecule has 4 heterocycles. The van der Waals surface area contributed by atoms with Gasteiger partial charge in [0.25, 0.3) is 5.56 Å². The molecule has 0 amide bonds. The summed E-state index contributed by atoms with van der Waals surface area (Å²) in [6.45, 7) is 7.37. The van der Waals surface area contributed by atoms with Gasteiger partial charge >= 0.3 is 0 Å². The predicted octanol–water partition coefficient (Wildman–Crippen LogP) is 4.85. The van der Waals surface area contributed by atoms with E-state index in [9.17, 15) is 4.79 Å². The molecule has 0 bridgehead atoms. The molecule has 1 aromatic carbocycles. The summed E-state index contributed by atoms with van der Waals surface area (Å²) in [5, 5.41) is 1.05. The molecule has 1 aliphatic carbocycles. The van der Waals surface area contributed by atoms with E-state index in [1.165, 1.54) is 42.4 Å². The molecule has 4 atom stereocenters. The summed E-state index contributed by atoms with van der Waals surface area (Å²) in [7, 11) is 1.80. The topological polar surface area (TPSA) is 67.4 Å². The summed E-state index contributed by atoms with van der Waals surface area (Å²) < 4.78 is 1.65. The Morgan fingerprint density at radius 1 is 1.08 bits per heavy atom. The number of benzene rings is 1. The van der Waals surface area contributed by atoms with Crippen LogP contribution in [0.15, 0.2) is 47.4 Å². The molecule has 2 fully saturated rings. The predicted molar refractivity (Wildman–Crippen MR) is 146 cm³/mol. The number of anilines is 1. The average Bonchev–Trinajstić information content (AvgIpc) is 3.23. The Labute approximate surface area is 214 Å². The highest BCUT2D eigenvalue weighted by atomic mass is 16.1. The second kappa shape index (κ2) is 9.00. The van der Waals surface area contributed by atoms with Crippen LogP contribution >= 0.6 is 0 Å². The Bertz CT molecular complexity index is 1340. The monoisotopic (exact) mass is 485 g/mol. The lowest BCUT2D eigenvalue weighted by Gasteiger charge is -2.43. The van der Waals surface area contributed by atoms with Gasteiger partial charge in [-0.2, -0.15) is 0 Å². The van der Waals surface area contributed by atoms with Gasteiger partial charge in [-0.15, -0.1) is 0 Å². The maximum Gasteiger partial charge on any atom is 0.253 e. The third-order valence-corrected chi connectivity index (χ3v) is 9.12. The van der Waals surface area contributed by atoms with Crippen molar-refractivity contribution in [3.8, 4) is 0 Å². The van der Waals surface area contributed by atoms with Crippen molar-refractivity contribution in [2.45, 2.75) is 82.5 Å². The van der Waals surface area contributed by atoms with Crippen molar-refractivity contribution in [3.63, 3.8) is 0 Å². The van der Waals surface area contributed by atoms with Gasteiger partial charge in [-0.3, -0.25) is 14.3 Å². The molecule has 2 aliphatic heterocycles. The molecule has 6 nitrogen and oxygen atoms in total. The highest BCUT2D eigenvalue weighted by Crippen LogP contribution is 2.42. The molecular weight excluding hydrogens is 446 g/mol. The van der Waals surface area contributed by atoms with Gasteiger partial charge in [0.15, 0.2) is 0 Å². The molecule has 2 unspecified atom stereocenters. The largest absolute Gasteiger partial charge is 0.367 e. The quantitative estimate of drug-likeness (QED) is 0.562. The number of pyridine rings is 2. The summed E-state index contributed by atoms with van der Waals surface area (Å²) in [4.78, 5) is 22.3. The average molecular weight is 486 g/mol. The normalized spacial score (nSPS) is 29.0. The van der Waals surface area contributed by atoms with Crippen LogP contribution in [0.2, 0.25) is 0 Å². The number of hydrogen-bond acceptors (Lipinski definition) is 5. The maximum atomic E-state index is 12.8. The molecule has 0 spiro atoms. The molecular formula is C30H39N5O. The molecule has 1 saturated carbocycles. The van der Waals surface area contributed by atoms with E-state index in [1.807, 2.05) is 6.07 Å². The van der Waals surface area contributed by atoms with Crippen LogP contribution < -0.4 is 16.2 Å². The van der Waals surface area contributed by atoms with Crippen molar-refractivity contribution in [2.24, 2.45) is 12.8 Å². The first kappa shape index (κ1) is 23.7. The van der Waals surface area contributed by atoms with Gasteiger partial charge in [-0.1, -0.05) is 31.0 Å². The summed E-state index contributed by atoms with van der Waals surface area (Å²) in [5.41, 5.74) is 12.7. The molecule has 0 radical (unpaired) electrons. The number of hydrogen-bond donors (Lipinski definition) is 1. The molecule has 190 valence electrons. The Morgan fingerprint density at radius 2 is 1.94 bits per heavy atom. The molecule has 2 aromatic heterocycles. The molecule has 3 aromatic rings. The number of aromatic nitrogens is 2. The smallest absolute Gasteiger partial charge is 0.253 e. The van der Waals surface area contributed by atoms with Crippen LogP contribution in [0, 0.1) is 0 Å². The van der Waals surface area contributed by atoms with Crippen LogP contribution in [0.1, 0.15) is 81.0 Å². The van der Waals surface area contributed by atoms with Gasteiger partial charge < -0.3 is 10.6 Å². The fraction of sp³-hybridized carbons (Fsp3) is 0.533. The van der Waals surface area contributed by atoms with Crippen LogP contribution in [0.3, 0.4) is 0 Å². The number of nitrogens with zero attached hydrogens (tertiary/aromatic N) is 4. The highest BCUT2D eigenvalue weighted by Gasteiger charge is 2.39. The minimum absolute atomic E-state index is 0.00414. The lowest BCUT2D eigenvalue weighted by atomic mass is 9.79. The standard InChI is InChI=1S/C30H39N5O/c1-20-17-34(26-16-28(36)33(3)29-25(26)8-6-14-32-29)19-27-24-10-9-22(15-23(24)18-35(20)27)21-7-4-5-12-30(2,31)13-11-21/h6,8-10,14-16,20-21,27H,4-5,7,11-13,17-19,31H2,1-3H3/t20-,21?,27-,30?/m1/s1. The Kier molecular flexibility index (Phi) is 5.92. The van der Waals surface area contributed by atoms with Crippen LogP contribution in [-0.2, 0) is 13.6 Å². The lowest BCUT2D eigenvalue weighted by molar-refractivity contribution is 0.134. The van der Waals surface area contributed by atoms with Crippen LogP contribution in [0.25, 0.3) is 11.0 Å². The SMILES string of the molecule is C[C@@H]1CN(c2cc(=O)n(C)c3ncccc23)C[C@@H]2c3ccc(C4CCCCC(C)(N)CC4)cc3CN12. The first-order valence-corrected chi connectivity index (χ1v) is 13.7. The summed E-state index contributed by atoms with van der Waals surface area (Å²) in [5.74, 6) is 0.615. The minimum Gasteiger partial charge on any atom is -0.367 e.